The van der Waals surface area contributed by atoms with Gasteiger partial charge in [0.05, 0.1) is 12.7 Å². The van der Waals surface area contributed by atoms with E-state index in [-0.39, 0.29) is 0 Å². The monoisotopic (exact) mass is 347 g/mol. The van der Waals surface area contributed by atoms with Crippen molar-refractivity contribution in [3.8, 4) is 5.75 Å². The van der Waals surface area contributed by atoms with Crippen molar-refractivity contribution in [2.75, 3.05) is 45.9 Å². The maximum Gasteiger partial charge on any atom is 0.191 e. The van der Waals surface area contributed by atoms with Crippen molar-refractivity contribution in [1.29, 1.82) is 0 Å². The van der Waals surface area contributed by atoms with Gasteiger partial charge in [-0.25, -0.2) is 0 Å². The SMILES string of the molecule is CCNC(=NCCCN1CCCCCC1)NCCOc1cccnc1. The van der Waals surface area contributed by atoms with Crippen LogP contribution < -0.4 is 15.4 Å². The van der Waals surface area contributed by atoms with E-state index in [0.29, 0.717) is 13.2 Å². The van der Waals surface area contributed by atoms with Gasteiger partial charge in [-0.15, -0.1) is 0 Å². The van der Waals surface area contributed by atoms with Crippen LogP contribution in [0.2, 0.25) is 0 Å². The first-order chi connectivity index (χ1) is 12.4. The molecule has 2 heterocycles. The summed E-state index contributed by atoms with van der Waals surface area (Å²) >= 11 is 0. The third-order valence-corrected chi connectivity index (χ3v) is 4.24. The smallest absolute Gasteiger partial charge is 0.191 e. The number of aliphatic imine (C=N–C) groups is 1. The van der Waals surface area contributed by atoms with E-state index in [1.165, 1.54) is 38.8 Å². The zero-order valence-electron chi connectivity index (χ0n) is 15.5. The van der Waals surface area contributed by atoms with Gasteiger partial charge in [-0.05, 0) is 58.0 Å². The fourth-order valence-corrected chi connectivity index (χ4v) is 2.96. The lowest BCUT2D eigenvalue weighted by atomic mass is 10.2. The minimum atomic E-state index is 0.587. The topological polar surface area (TPSA) is 61.8 Å². The fourth-order valence-electron chi connectivity index (χ4n) is 2.96. The molecular formula is C19H33N5O. The van der Waals surface area contributed by atoms with Gasteiger partial charge < -0.3 is 20.3 Å². The van der Waals surface area contributed by atoms with Gasteiger partial charge in [0, 0.05) is 19.3 Å². The summed E-state index contributed by atoms with van der Waals surface area (Å²) in [5.41, 5.74) is 0. The summed E-state index contributed by atoms with van der Waals surface area (Å²) in [6.45, 7) is 8.78. The summed E-state index contributed by atoms with van der Waals surface area (Å²) in [6.07, 6.45) is 10.1. The Bertz CT molecular complexity index is 472. The summed E-state index contributed by atoms with van der Waals surface area (Å²) in [6, 6.07) is 3.79. The molecule has 2 N–H and O–H groups in total. The van der Waals surface area contributed by atoms with Gasteiger partial charge in [-0.2, -0.15) is 0 Å². The molecule has 0 unspecified atom stereocenters. The van der Waals surface area contributed by atoms with E-state index >= 15 is 0 Å². The first-order valence-corrected chi connectivity index (χ1v) is 9.66. The number of likely N-dealkylation sites (tertiary alicyclic amines) is 1. The zero-order chi connectivity index (χ0) is 17.6. The van der Waals surface area contributed by atoms with Gasteiger partial charge >= 0.3 is 0 Å². The number of pyridine rings is 1. The Morgan fingerprint density at radius 1 is 1.24 bits per heavy atom. The maximum atomic E-state index is 5.64. The average Bonchev–Trinajstić information content (AvgIpc) is 2.92. The summed E-state index contributed by atoms with van der Waals surface area (Å²) in [5, 5.41) is 6.61. The number of hydrogen-bond donors (Lipinski definition) is 2. The number of nitrogens with one attached hydrogen (secondary N) is 2. The Kier molecular flexibility index (Phi) is 9.77. The molecule has 1 aromatic rings. The van der Waals surface area contributed by atoms with Crippen LogP contribution in [-0.2, 0) is 0 Å². The second-order valence-corrected chi connectivity index (χ2v) is 6.33. The van der Waals surface area contributed by atoms with Crippen LogP contribution in [0.4, 0.5) is 0 Å². The molecule has 0 spiro atoms. The van der Waals surface area contributed by atoms with Crippen LogP contribution in [0.15, 0.2) is 29.5 Å². The van der Waals surface area contributed by atoms with Crippen LogP contribution in [0, 0.1) is 0 Å². The van der Waals surface area contributed by atoms with Gasteiger partial charge in [0.1, 0.15) is 12.4 Å². The van der Waals surface area contributed by atoms with Gasteiger partial charge in [0.25, 0.3) is 0 Å². The number of rotatable bonds is 9. The number of hydrogen-bond acceptors (Lipinski definition) is 4. The molecule has 1 fully saturated rings. The summed E-state index contributed by atoms with van der Waals surface area (Å²) in [4.78, 5) is 11.3. The van der Waals surface area contributed by atoms with Crippen molar-refractivity contribution < 1.29 is 4.74 Å². The predicted octanol–water partition coefficient (Wildman–Crippen LogP) is 2.28. The lowest BCUT2D eigenvalue weighted by molar-refractivity contribution is 0.283. The molecule has 0 aliphatic carbocycles. The number of ether oxygens (including phenoxy) is 1. The largest absolute Gasteiger partial charge is 0.490 e. The van der Waals surface area contributed by atoms with Crippen LogP contribution in [0.1, 0.15) is 39.0 Å². The molecule has 6 heteroatoms. The van der Waals surface area contributed by atoms with Crippen LogP contribution in [0.5, 0.6) is 5.75 Å². The zero-order valence-corrected chi connectivity index (χ0v) is 15.5. The first-order valence-electron chi connectivity index (χ1n) is 9.66. The second kappa shape index (κ2) is 12.5. The van der Waals surface area contributed by atoms with E-state index < -0.39 is 0 Å². The minimum absolute atomic E-state index is 0.587. The maximum absolute atomic E-state index is 5.64. The third-order valence-electron chi connectivity index (χ3n) is 4.24. The van der Waals surface area contributed by atoms with Gasteiger partial charge in [0.15, 0.2) is 5.96 Å². The first kappa shape index (κ1) is 19.5. The second-order valence-electron chi connectivity index (χ2n) is 6.33. The van der Waals surface area contributed by atoms with Gasteiger partial charge in [-0.1, -0.05) is 12.8 Å². The molecule has 0 aromatic carbocycles. The number of nitrogens with zero attached hydrogens (tertiary/aromatic N) is 3. The lowest BCUT2D eigenvalue weighted by Gasteiger charge is -2.19. The van der Waals surface area contributed by atoms with Gasteiger partial charge in [0.2, 0.25) is 0 Å². The number of guanidine groups is 1. The van der Waals surface area contributed by atoms with Crippen molar-refractivity contribution in [3.05, 3.63) is 24.5 Å². The molecule has 0 amide bonds. The highest BCUT2D eigenvalue weighted by atomic mass is 16.5. The third kappa shape index (κ3) is 8.72. The molecule has 6 nitrogen and oxygen atoms in total. The van der Waals surface area contributed by atoms with E-state index in [1.807, 2.05) is 12.1 Å². The molecule has 1 saturated heterocycles. The minimum Gasteiger partial charge on any atom is -0.490 e. The van der Waals surface area contributed by atoms with E-state index in [1.54, 1.807) is 12.4 Å². The Morgan fingerprint density at radius 3 is 2.80 bits per heavy atom. The summed E-state index contributed by atoms with van der Waals surface area (Å²) < 4.78 is 5.64. The quantitative estimate of drug-likeness (QED) is 0.408. The van der Waals surface area contributed by atoms with E-state index in [4.69, 9.17) is 4.74 Å². The van der Waals surface area contributed by atoms with Crippen molar-refractivity contribution in [1.82, 2.24) is 20.5 Å². The van der Waals surface area contributed by atoms with Crippen molar-refractivity contribution in [2.24, 2.45) is 4.99 Å². The molecule has 1 aliphatic heterocycles. The molecule has 0 atom stereocenters. The standard InChI is InChI=1S/C19H33N5O/c1-2-21-19(23-12-16-25-18-9-7-10-20-17-18)22-11-8-15-24-13-5-3-4-6-14-24/h7,9-10,17H,2-6,8,11-16H2,1H3,(H2,21,22,23). The highest BCUT2D eigenvalue weighted by Crippen LogP contribution is 2.09. The molecule has 0 radical (unpaired) electrons. The molecule has 1 aliphatic rings. The average molecular weight is 348 g/mol. The van der Waals surface area contributed by atoms with Crippen LogP contribution in [0.3, 0.4) is 0 Å². The molecule has 2 rings (SSSR count). The van der Waals surface area contributed by atoms with Crippen molar-refractivity contribution in [2.45, 2.75) is 39.0 Å². The highest BCUT2D eigenvalue weighted by Gasteiger charge is 2.07. The fraction of sp³-hybridized carbons (Fsp3) is 0.684. The molecule has 140 valence electrons. The number of aromatic nitrogens is 1. The Balaban J connectivity index is 1.61. The molecule has 1 aromatic heterocycles. The summed E-state index contributed by atoms with van der Waals surface area (Å²) in [5.74, 6) is 1.66. The van der Waals surface area contributed by atoms with E-state index in [0.717, 1.165) is 37.8 Å². The van der Waals surface area contributed by atoms with Crippen LogP contribution in [-0.4, -0.2) is 61.7 Å². The normalized spacial score (nSPS) is 16.3. The van der Waals surface area contributed by atoms with E-state index in [9.17, 15) is 0 Å². The Labute approximate surface area is 152 Å². The lowest BCUT2D eigenvalue weighted by Crippen LogP contribution is -2.39. The molecular weight excluding hydrogens is 314 g/mol. The summed E-state index contributed by atoms with van der Waals surface area (Å²) in [7, 11) is 0. The van der Waals surface area contributed by atoms with Gasteiger partial charge in [-0.3, -0.25) is 9.98 Å². The Hall–Kier alpha value is -1.82. The molecule has 0 saturated carbocycles. The predicted molar refractivity (Wildman–Crippen MR) is 103 cm³/mol. The van der Waals surface area contributed by atoms with Crippen molar-refractivity contribution >= 4 is 5.96 Å². The van der Waals surface area contributed by atoms with Crippen LogP contribution >= 0.6 is 0 Å². The van der Waals surface area contributed by atoms with E-state index in [2.05, 4.69) is 32.4 Å². The highest BCUT2D eigenvalue weighted by molar-refractivity contribution is 5.79. The van der Waals surface area contributed by atoms with Crippen LogP contribution in [0.25, 0.3) is 0 Å². The van der Waals surface area contributed by atoms with Crippen molar-refractivity contribution in [3.63, 3.8) is 0 Å². The molecule has 25 heavy (non-hydrogen) atoms. The molecule has 0 bridgehead atoms. The Morgan fingerprint density at radius 2 is 2.08 bits per heavy atom.